The number of carbonyl (C=O) groups excluding carboxylic acids is 2. The molecule has 26 heavy (non-hydrogen) atoms. The Hall–Kier alpha value is -1.78. The Labute approximate surface area is 155 Å². The summed E-state index contributed by atoms with van der Waals surface area (Å²) in [6, 6.07) is 0. The normalized spacial score (nSPS) is 24.6. The number of hydrogen-bond acceptors (Lipinski definition) is 3. The van der Waals surface area contributed by atoms with E-state index >= 15 is 0 Å². The first-order valence-electron chi connectivity index (χ1n) is 9.62. The Balaban J connectivity index is 2.52. The van der Waals surface area contributed by atoms with Crippen molar-refractivity contribution in [1.82, 2.24) is 0 Å². The summed E-state index contributed by atoms with van der Waals surface area (Å²) in [4.78, 5) is 34.6. The zero-order valence-electron chi connectivity index (χ0n) is 15.8. The molecule has 0 spiro atoms. The molecule has 0 aromatic heterocycles. The molecule has 0 saturated heterocycles. The smallest absolute Gasteiger partial charge is 0.338 e. The van der Waals surface area contributed by atoms with Gasteiger partial charge in [0, 0.05) is 18.8 Å². The molecule has 1 rings (SSSR count). The van der Waals surface area contributed by atoms with Crippen molar-refractivity contribution < 1.29 is 23.9 Å². The van der Waals surface area contributed by atoms with E-state index in [0.717, 1.165) is 19.3 Å². The first kappa shape index (κ1) is 22.3. The number of ketones is 2. The summed E-state index contributed by atoms with van der Waals surface area (Å²) in [6.07, 6.45) is 10.2. The number of hydrogen-bond donors (Lipinski definition) is 1. The van der Waals surface area contributed by atoms with Gasteiger partial charge >= 0.3 is 5.97 Å². The predicted molar refractivity (Wildman–Crippen MR) is 99.6 cm³/mol. The van der Waals surface area contributed by atoms with Crippen LogP contribution in [0.3, 0.4) is 0 Å². The molecule has 1 aliphatic rings. The minimum atomic E-state index is -1.85. The van der Waals surface area contributed by atoms with E-state index in [4.69, 9.17) is 5.11 Å². The summed E-state index contributed by atoms with van der Waals surface area (Å²) < 4.78 is 13.0. The number of unbranched alkanes of at least 4 members (excludes halogenated alkanes) is 2. The summed E-state index contributed by atoms with van der Waals surface area (Å²) in [7, 11) is 0. The van der Waals surface area contributed by atoms with Gasteiger partial charge < -0.3 is 5.11 Å². The molecule has 0 aromatic carbocycles. The van der Waals surface area contributed by atoms with Gasteiger partial charge in [0.25, 0.3) is 0 Å². The van der Waals surface area contributed by atoms with Crippen LogP contribution < -0.4 is 0 Å². The van der Waals surface area contributed by atoms with Crippen LogP contribution in [0.5, 0.6) is 0 Å². The zero-order valence-corrected chi connectivity index (χ0v) is 15.8. The summed E-state index contributed by atoms with van der Waals surface area (Å²) >= 11 is 0. The van der Waals surface area contributed by atoms with E-state index in [2.05, 4.69) is 6.92 Å². The van der Waals surface area contributed by atoms with Crippen LogP contribution in [0, 0.1) is 17.8 Å². The van der Waals surface area contributed by atoms with E-state index in [1.807, 2.05) is 19.1 Å². The number of carboxylic acids is 1. The predicted octanol–water partition coefficient (Wildman–Crippen LogP) is 4.68. The molecule has 0 aromatic rings. The van der Waals surface area contributed by atoms with Crippen LogP contribution in [0.25, 0.3) is 0 Å². The van der Waals surface area contributed by atoms with Gasteiger partial charge in [0.2, 0.25) is 0 Å². The van der Waals surface area contributed by atoms with Crippen molar-refractivity contribution >= 4 is 17.5 Å². The van der Waals surface area contributed by atoms with Gasteiger partial charge in [-0.3, -0.25) is 9.59 Å². The SMILES string of the molecule is CCCCCC(=O)/C=C/[C@H]1[C@H](C)CC(=O)[C@@H]1C/C=C\CCC(F)C(=O)O. The average Bonchev–Trinajstić information content (AvgIpc) is 2.85. The van der Waals surface area contributed by atoms with Crippen LogP contribution in [-0.2, 0) is 14.4 Å². The van der Waals surface area contributed by atoms with Gasteiger partial charge in [-0.15, -0.1) is 0 Å². The van der Waals surface area contributed by atoms with Crippen molar-refractivity contribution in [2.45, 2.75) is 71.4 Å². The highest BCUT2D eigenvalue weighted by Gasteiger charge is 2.37. The van der Waals surface area contributed by atoms with Crippen LogP contribution >= 0.6 is 0 Å². The Kier molecular flexibility index (Phi) is 10.1. The summed E-state index contributed by atoms with van der Waals surface area (Å²) in [5.41, 5.74) is 0. The zero-order chi connectivity index (χ0) is 19.5. The quantitative estimate of drug-likeness (QED) is 0.309. The first-order valence-corrected chi connectivity index (χ1v) is 9.62. The van der Waals surface area contributed by atoms with Crippen LogP contribution in [0.2, 0.25) is 0 Å². The Morgan fingerprint density at radius 3 is 2.69 bits per heavy atom. The standard InChI is InChI=1S/C21H31FO4/c1-3-4-6-9-16(23)12-13-17-15(2)14-20(24)18(17)10-7-5-8-11-19(22)21(25)26/h5,7,12-13,15,17-19H,3-4,6,8-11,14H2,1-2H3,(H,25,26)/b7-5-,13-12+/t15-,17+,18-,19?/m1/s1. The second kappa shape index (κ2) is 11.8. The topological polar surface area (TPSA) is 71.4 Å². The molecule has 4 nitrogen and oxygen atoms in total. The third-order valence-electron chi connectivity index (χ3n) is 5.00. The number of allylic oxidation sites excluding steroid dienone is 4. The van der Waals surface area contributed by atoms with E-state index in [-0.39, 0.29) is 35.7 Å². The van der Waals surface area contributed by atoms with Gasteiger partial charge in [-0.05, 0) is 43.6 Å². The maximum absolute atomic E-state index is 13.0. The molecule has 1 N–H and O–H groups in total. The highest BCUT2D eigenvalue weighted by Crippen LogP contribution is 2.37. The minimum absolute atomic E-state index is 0.0511. The van der Waals surface area contributed by atoms with E-state index < -0.39 is 12.1 Å². The fourth-order valence-electron chi connectivity index (χ4n) is 3.41. The molecule has 1 unspecified atom stereocenters. The highest BCUT2D eigenvalue weighted by molar-refractivity contribution is 5.90. The molecule has 1 saturated carbocycles. The molecule has 1 aliphatic carbocycles. The van der Waals surface area contributed by atoms with Crippen LogP contribution in [-0.4, -0.2) is 28.8 Å². The Morgan fingerprint density at radius 1 is 1.31 bits per heavy atom. The van der Waals surface area contributed by atoms with E-state index in [0.29, 0.717) is 25.7 Å². The molecule has 0 bridgehead atoms. The van der Waals surface area contributed by atoms with Gasteiger partial charge in [-0.2, -0.15) is 0 Å². The number of halogens is 1. The number of Topliss-reactive ketones (excluding diaryl/α,β-unsaturated/α-hetero) is 1. The van der Waals surface area contributed by atoms with Crippen molar-refractivity contribution in [2.75, 3.05) is 0 Å². The van der Waals surface area contributed by atoms with Gasteiger partial charge in [-0.1, -0.05) is 44.9 Å². The number of alkyl halides is 1. The molecule has 0 aliphatic heterocycles. The van der Waals surface area contributed by atoms with E-state index in [9.17, 15) is 18.8 Å². The summed E-state index contributed by atoms with van der Waals surface area (Å²) in [6.45, 7) is 4.12. The third-order valence-corrected chi connectivity index (χ3v) is 5.00. The Morgan fingerprint density at radius 2 is 2.04 bits per heavy atom. The van der Waals surface area contributed by atoms with Crippen molar-refractivity contribution in [2.24, 2.45) is 17.8 Å². The maximum Gasteiger partial charge on any atom is 0.338 e. The van der Waals surface area contributed by atoms with Gasteiger partial charge in [0.1, 0.15) is 5.78 Å². The lowest BCUT2D eigenvalue weighted by molar-refractivity contribution is -0.143. The molecular weight excluding hydrogens is 335 g/mol. The Bertz CT molecular complexity index is 538. The van der Waals surface area contributed by atoms with Gasteiger partial charge in [0.15, 0.2) is 12.0 Å². The monoisotopic (exact) mass is 366 g/mol. The van der Waals surface area contributed by atoms with E-state index in [1.165, 1.54) is 0 Å². The molecule has 4 atom stereocenters. The molecule has 1 fully saturated rings. The van der Waals surface area contributed by atoms with Gasteiger partial charge in [0.05, 0.1) is 0 Å². The lowest BCUT2D eigenvalue weighted by Crippen LogP contribution is -2.15. The molecule has 0 radical (unpaired) electrons. The van der Waals surface area contributed by atoms with Gasteiger partial charge in [-0.25, -0.2) is 9.18 Å². The lowest BCUT2D eigenvalue weighted by Gasteiger charge is -2.16. The number of carboxylic acid groups (broad SMARTS) is 1. The third kappa shape index (κ3) is 7.63. The largest absolute Gasteiger partial charge is 0.479 e. The average molecular weight is 366 g/mol. The number of carbonyl (C=O) groups is 3. The molecular formula is C21H31FO4. The summed E-state index contributed by atoms with van der Waals surface area (Å²) in [5.74, 6) is -1.02. The molecule has 0 amide bonds. The van der Waals surface area contributed by atoms with Crippen LogP contribution in [0.4, 0.5) is 4.39 Å². The van der Waals surface area contributed by atoms with Crippen molar-refractivity contribution in [3.8, 4) is 0 Å². The fourth-order valence-corrected chi connectivity index (χ4v) is 3.41. The molecule has 0 heterocycles. The van der Waals surface area contributed by atoms with E-state index in [1.54, 1.807) is 12.2 Å². The minimum Gasteiger partial charge on any atom is -0.479 e. The highest BCUT2D eigenvalue weighted by atomic mass is 19.1. The summed E-state index contributed by atoms with van der Waals surface area (Å²) in [5, 5.41) is 8.50. The molecule has 5 heteroatoms. The number of rotatable bonds is 12. The van der Waals surface area contributed by atoms with Crippen molar-refractivity contribution in [3.05, 3.63) is 24.3 Å². The van der Waals surface area contributed by atoms with Crippen molar-refractivity contribution in [3.63, 3.8) is 0 Å². The second-order valence-electron chi connectivity index (χ2n) is 7.20. The maximum atomic E-state index is 13.0. The lowest BCUT2D eigenvalue weighted by atomic mass is 9.87. The van der Waals surface area contributed by atoms with Crippen LogP contribution in [0.1, 0.15) is 65.2 Å². The molecule has 146 valence electrons. The van der Waals surface area contributed by atoms with Crippen LogP contribution in [0.15, 0.2) is 24.3 Å². The first-order chi connectivity index (χ1) is 12.4. The number of aliphatic carboxylic acids is 1. The second-order valence-corrected chi connectivity index (χ2v) is 7.20. The fraction of sp³-hybridized carbons (Fsp3) is 0.667. The van der Waals surface area contributed by atoms with Crippen molar-refractivity contribution in [1.29, 1.82) is 0 Å².